The molecule has 1 aliphatic rings. The maximum atomic E-state index is 6.41. The van der Waals surface area contributed by atoms with Gasteiger partial charge in [-0.15, -0.1) is 0 Å². The molecule has 0 N–H and O–H groups in total. The van der Waals surface area contributed by atoms with Gasteiger partial charge in [-0.3, -0.25) is 0 Å². The zero-order valence-electron chi connectivity index (χ0n) is 9.38. The predicted octanol–water partition coefficient (Wildman–Crippen LogP) is 4.77. The van der Waals surface area contributed by atoms with Gasteiger partial charge in [0.25, 0.3) is 0 Å². The van der Waals surface area contributed by atoms with Gasteiger partial charge in [0, 0.05) is 0 Å². The summed E-state index contributed by atoms with van der Waals surface area (Å²) in [5, 5.41) is 0. The van der Waals surface area contributed by atoms with E-state index in [1.54, 1.807) is 0 Å². The molecule has 2 aromatic carbocycles. The van der Waals surface area contributed by atoms with E-state index in [4.69, 9.17) is 9.69 Å². The van der Waals surface area contributed by atoms with Crippen LogP contribution < -0.4 is 0 Å². The Bertz CT molecular complexity index is 655. The summed E-state index contributed by atoms with van der Waals surface area (Å²) < 4.78 is 1.34. The molecule has 0 saturated carbocycles. The van der Waals surface area contributed by atoms with Crippen molar-refractivity contribution in [2.75, 3.05) is 0 Å². The van der Waals surface area contributed by atoms with Gasteiger partial charge in [-0.05, 0) is 0 Å². The van der Waals surface area contributed by atoms with Crippen molar-refractivity contribution in [1.29, 1.82) is 0 Å². The second-order valence-electron chi connectivity index (χ2n) is 3.99. The third kappa shape index (κ3) is 2.26. The molecule has 0 atom stereocenters. The van der Waals surface area contributed by atoms with E-state index in [0.29, 0.717) is 0 Å². The van der Waals surface area contributed by atoms with Crippen molar-refractivity contribution in [3.63, 3.8) is 0 Å². The van der Waals surface area contributed by atoms with E-state index in [1.165, 1.54) is 26.4 Å². The molecule has 0 nitrogen and oxygen atoms in total. The molecule has 0 unspecified atom stereocenters. The van der Waals surface area contributed by atoms with E-state index >= 15 is 0 Å². The van der Waals surface area contributed by atoms with Crippen LogP contribution >= 0.6 is 29.4 Å². The quantitative estimate of drug-likeness (QED) is 0.431. The third-order valence-electron chi connectivity index (χ3n) is 2.96. The van der Waals surface area contributed by atoms with Gasteiger partial charge in [-0.25, -0.2) is 0 Å². The van der Waals surface area contributed by atoms with E-state index in [0.717, 1.165) is 0 Å². The van der Waals surface area contributed by atoms with Gasteiger partial charge in [0.2, 0.25) is 0 Å². The average molecular weight is 454 g/mol. The van der Waals surface area contributed by atoms with E-state index < -0.39 is 11.0 Å². The SMILES string of the molecule is [Cl]/[Ru]([I])=[C]1\C=C(c2ccccc2)c2ccccc21. The van der Waals surface area contributed by atoms with Gasteiger partial charge >= 0.3 is 127 Å². The molecule has 0 saturated heterocycles. The predicted molar refractivity (Wildman–Crippen MR) is 83.9 cm³/mol. The third-order valence-corrected chi connectivity index (χ3v) is 7.67. The standard InChI is InChI=1S/C15H10.ClH.HI.Ru/c1-2-6-12(7-3-1)15-11-10-13-8-4-5-9-14(13)15;;;/h1-9,11H;2*1H;/q;;;+2/p-2. The molecule has 0 heterocycles. The van der Waals surface area contributed by atoms with Crippen molar-refractivity contribution < 1.29 is 11.0 Å². The Balaban J connectivity index is 2.24. The fourth-order valence-corrected chi connectivity index (χ4v) is 5.86. The van der Waals surface area contributed by atoms with E-state index in [9.17, 15) is 0 Å². The fourth-order valence-electron chi connectivity index (χ4n) is 2.17. The summed E-state index contributed by atoms with van der Waals surface area (Å²) in [4.78, 5) is 0. The van der Waals surface area contributed by atoms with Crippen LogP contribution in [0.5, 0.6) is 0 Å². The van der Waals surface area contributed by atoms with Crippen LogP contribution in [0.15, 0.2) is 60.7 Å². The summed E-state index contributed by atoms with van der Waals surface area (Å²) >= 11 is 2.40. The van der Waals surface area contributed by atoms with Gasteiger partial charge in [-0.1, -0.05) is 0 Å². The number of fused-ring (bicyclic) bond motifs is 1. The van der Waals surface area contributed by atoms with Gasteiger partial charge in [-0.2, -0.15) is 0 Å². The van der Waals surface area contributed by atoms with E-state index in [1.807, 2.05) is 6.07 Å². The van der Waals surface area contributed by atoms with E-state index in [2.05, 4.69) is 74.4 Å². The van der Waals surface area contributed by atoms with Gasteiger partial charge in [0.05, 0.1) is 0 Å². The maximum absolute atomic E-state index is 6.41. The Hall–Kier alpha value is -0.307. The molecule has 3 rings (SSSR count). The first kappa shape index (κ1) is 12.7. The Morgan fingerprint density at radius 1 is 0.833 bits per heavy atom. The van der Waals surface area contributed by atoms with Crippen LogP contribution in [-0.2, 0) is 11.0 Å². The molecule has 0 aliphatic heterocycles. The number of hydrogen-bond donors (Lipinski definition) is 0. The summed E-state index contributed by atoms with van der Waals surface area (Å²) in [5.74, 6) is 0. The Labute approximate surface area is 126 Å². The zero-order chi connectivity index (χ0) is 12.5. The minimum atomic E-state index is -1.38. The van der Waals surface area contributed by atoms with E-state index in [-0.39, 0.29) is 0 Å². The summed E-state index contributed by atoms with van der Waals surface area (Å²) in [5.41, 5.74) is 5.20. The molecule has 0 bridgehead atoms. The molecule has 0 spiro atoms. The first-order valence-electron chi connectivity index (χ1n) is 5.51. The molecule has 18 heavy (non-hydrogen) atoms. The van der Waals surface area contributed by atoms with Crippen molar-refractivity contribution in [1.82, 2.24) is 0 Å². The summed E-state index contributed by atoms with van der Waals surface area (Å²) in [6, 6.07) is 19.1. The fraction of sp³-hybridized carbons (Fsp3) is 0. The number of rotatable bonds is 1. The molecule has 3 heteroatoms. The van der Waals surface area contributed by atoms with Crippen LogP contribution in [0.2, 0.25) is 0 Å². The van der Waals surface area contributed by atoms with Crippen LogP contribution in [0.1, 0.15) is 16.7 Å². The average Bonchev–Trinajstić information content (AvgIpc) is 2.79. The second-order valence-corrected chi connectivity index (χ2v) is 14.6. The van der Waals surface area contributed by atoms with Crippen LogP contribution in [0, 0.1) is 0 Å². The Morgan fingerprint density at radius 3 is 2.11 bits per heavy atom. The molecule has 0 aromatic heterocycles. The Kier molecular flexibility index (Phi) is 3.79. The first-order valence-corrected chi connectivity index (χ1v) is 13.8. The molecule has 1 aliphatic carbocycles. The van der Waals surface area contributed by atoms with Crippen LogP contribution in [0.4, 0.5) is 0 Å². The molecular weight excluding hydrogens is 444 g/mol. The van der Waals surface area contributed by atoms with Gasteiger partial charge in [0.15, 0.2) is 0 Å². The molecular formula is C15H10ClIRu. The summed E-state index contributed by atoms with van der Waals surface area (Å²) in [7, 11) is 5.03. The molecule has 0 radical (unpaired) electrons. The van der Waals surface area contributed by atoms with Crippen molar-refractivity contribution in [3.05, 3.63) is 77.4 Å². The van der Waals surface area contributed by atoms with Gasteiger partial charge < -0.3 is 0 Å². The van der Waals surface area contributed by atoms with Crippen molar-refractivity contribution in [2.45, 2.75) is 0 Å². The summed E-state index contributed by atoms with van der Waals surface area (Å²) in [6.45, 7) is 0. The molecule has 2 aromatic rings. The number of benzene rings is 2. The van der Waals surface area contributed by atoms with Crippen LogP contribution in [0.25, 0.3) is 5.57 Å². The number of allylic oxidation sites excluding steroid dienone is 1. The zero-order valence-corrected chi connectivity index (χ0v) is 14.0. The minimum absolute atomic E-state index is 1.27. The number of hydrogen-bond acceptors (Lipinski definition) is 0. The first-order chi connectivity index (χ1) is 8.77. The van der Waals surface area contributed by atoms with Crippen LogP contribution in [0.3, 0.4) is 0 Å². The molecule has 0 amide bonds. The van der Waals surface area contributed by atoms with Crippen molar-refractivity contribution in [2.24, 2.45) is 0 Å². The van der Waals surface area contributed by atoms with Crippen LogP contribution in [-0.4, -0.2) is 4.11 Å². The number of halogens is 2. The van der Waals surface area contributed by atoms with Crippen molar-refractivity contribution in [3.8, 4) is 0 Å². The van der Waals surface area contributed by atoms with Crippen molar-refractivity contribution >= 4 is 39.1 Å². The summed E-state index contributed by atoms with van der Waals surface area (Å²) in [6.07, 6.45) is 2.28. The topological polar surface area (TPSA) is 0 Å². The second kappa shape index (κ2) is 5.36. The molecule has 0 fully saturated rings. The molecule has 92 valence electrons. The monoisotopic (exact) mass is 454 g/mol. The Morgan fingerprint density at radius 2 is 1.44 bits per heavy atom. The normalized spacial score (nSPS) is 18.2. The van der Waals surface area contributed by atoms with Gasteiger partial charge in [0.1, 0.15) is 0 Å².